The van der Waals surface area contributed by atoms with Crippen molar-refractivity contribution < 1.29 is 34.2 Å². The number of carboxylic acid groups (broad SMARTS) is 2. The Bertz CT molecular complexity index is 592. The summed E-state index contributed by atoms with van der Waals surface area (Å²) >= 11 is 0. The van der Waals surface area contributed by atoms with Gasteiger partial charge >= 0.3 is 11.9 Å². The van der Waals surface area contributed by atoms with Gasteiger partial charge in [0.25, 0.3) is 0 Å². The first-order chi connectivity index (χ1) is 12.9. The van der Waals surface area contributed by atoms with Crippen LogP contribution in [0.5, 0.6) is 0 Å². The molecule has 0 saturated heterocycles. The maximum atomic E-state index is 12.5. The minimum atomic E-state index is -1.50. The molecule has 7 N–H and O–H groups in total. The molecule has 28 heavy (non-hydrogen) atoms. The van der Waals surface area contributed by atoms with Crippen molar-refractivity contribution in [1.29, 1.82) is 0 Å². The molecule has 0 spiro atoms. The van der Waals surface area contributed by atoms with E-state index in [1.807, 2.05) is 13.8 Å². The maximum Gasteiger partial charge on any atom is 0.326 e. The molecule has 0 aromatic heterocycles. The van der Waals surface area contributed by atoms with Gasteiger partial charge in [-0.1, -0.05) is 27.7 Å². The molecule has 0 aromatic carbocycles. The second-order valence-corrected chi connectivity index (χ2v) is 7.18. The Morgan fingerprint density at radius 2 is 1.39 bits per heavy atom. The Morgan fingerprint density at radius 3 is 1.79 bits per heavy atom. The normalized spacial score (nSPS) is 14.1. The van der Waals surface area contributed by atoms with Crippen LogP contribution < -0.4 is 21.7 Å². The largest absolute Gasteiger partial charge is 0.481 e. The van der Waals surface area contributed by atoms with E-state index in [9.17, 15) is 29.1 Å². The fraction of sp³-hybridized carbons (Fsp3) is 0.706. The number of carbonyl (C=O) groups excluding carboxylic acids is 3. The highest BCUT2D eigenvalue weighted by molar-refractivity contribution is 5.95. The van der Waals surface area contributed by atoms with Gasteiger partial charge in [-0.2, -0.15) is 0 Å². The fourth-order valence-electron chi connectivity index (χ4n) is 2.38. The average Bonchev–Trinajstić information content (AvgIpc) is 2.56. The number of carbonyl (C=O) groups is 5. The molecule has 0 rings (SSSR count). The van der Waals surface area contributed by atoms with Crippen LogP contribution in [0.4, 0.5) is 0 Å². The lowest BCUT2D eigenvalue weighted by Gasteiger charge is -2.25. The quantitative estimate of drug-likeness (QED) is 0.231. The Balaban J connectivity index is 5.38. The summed E-state index contributed by atoms with van der Waals surface area (Å²) < 4.78 is 0. The average molecular weight is 402 g/mol. The smallest absolute Gasteiger partial charge is 0.326 e. The first-order valence-electron chi connectivity index (χ1n) is 8.93. The Kier molecular flexibility index (Phi) is 10.8. The number of nitrogens with one attached hydrogen (secondary N) is 3. The van der Waals surface area contributed by atoms with Crippen molar-refractivity contribution in [2.75, 3.05) is 6.54 Å². The van der Waals surface area contributed by atoms with E-state index in [0.717, 1.165) is 0 Å². The summed E-state index contributed by atoms with van der Waals surface area (Å²) in [6.07, 6.45) is -0.510. The monoisotopic (exact) mass is 402 g/mol. The molecule has 0 fully saturated rings. The van der Waals surface area contributed by atoms with Crippen LogP contribution in [0.1, 0.15) is 40.5 Å². The summed E-state index contributed by atoms with van der Waals surface area (Å²) in [5.74, 6) is -5.36. The zero-order valence-corrected chi connectivity index (χ0v) is 16.5. The Labute approximate surface area is 163 Å². The molecule has 11 nitrogen and oxygen atoms in total. The van der Waals surface area contributed by atoms with Gasteiger partial charge in [-0.25, -0.2) is 4.79 Å². The third kappa shape index (κ3) is 9.31. The van der Waals surface area contributed by atoms with Crippen LogP contribution in [0.15, 0.2) is 0 Å². The van der Waals surface area contributed by atoms with Crippen LogP contribution in [0.25, 0.3) is 0 Å². The molecule has 0 aliphatic rings. The van der Waals surface area contributed by atoms with Crippen LogP contribution in [-0.2, 0) is 24.0 Å². The van der Waals surface area contributed by atoms with Gasteiger partial charge in [0.1, 0.15) is 18.1 Å². The third-order valence-corrected chi connectivity index (χ3v) is 3.79. The lowest BCUT2D eigenvalue weighted by Crippen LogP contribution is -2.57. The van der Waals surface area contributed by atoms with E-state index in [1.54, 1.807) is 13.8 Å². The number of amides is 3. The van der Waals surface area contributed by atoms with Crippen molar-refractivity contribution in [3.05, 3.63) is 0 Å². The van der Waals surface area contributed by atoms with Crippen LogP contribution in [0.3, 0.4) is 0 Å². The summed E-state index contributed by atoms with van der Waals surface area (Å²) in [7, 11) is 0. The van der Waals surface area contributed by atoms with Crippen molar-refractivity contribution in [2.45, 2.75) is 58.7 Å². The van der Waals surface area contributed by atoms with Crippen LogP contribution in [0, 0.1) is 11.8 Å². The summed E-state index contributed by atoms with van der Waals surface area (Å²) in [5, 5.41) is 25.1. The second-order valence-electron chi connectivity index (χ2n) is 7.18. The summed E-state index contributed by atoms with van der Waals surface area (Å²) in [6, 6.07) is -3.76. The van der Waals surface area contributed by atoms with Gasteiger partial charge in [0.05, 0.1) is 13.0 Å². The lowest BCUT2D eigenvalue weighted by atomic mass is 10.0. The van der Waals surface area contributed by atoms with Gasteiger partial charge in [-0.15, -0.1) is 0 Å². The topological polar surface area (TPSA) is 188 Å². The molecule has 0 bridgehead atoms. The molecule has 0 radical (unpaired) electrons. The van der Waals surface area contributed by atoms with Gasteiger partial charge in [-0.05, 0) is 18.3 Å². The Morgan fingerprint density at radius 1 is 0.857 bits per heavy atom. The van der Waals surface area contributed by atoms with Crippen molar-refractivity contribution in [3.63, 3.8) is 0 Å². The highest BCUT2D eigenvalue weighted by atomic mass is 16.4. The van der Waals surface area contributed by atoms with Crippen LogP contribution in [0.2, 0.25) is 0 Å². The van der Waals surface area contributed by atoms with E-state index in [1.165, 1.54) is 0 Å². The summed E-state index contributed by atoms with van der Waals surface area (Å²) in [5.41, 5.74) is 5.24. The van der Waals surface area contributed by atoms with Gasteiger partial charge in [-0.3, -0.25) is 19.2 Å². The van der Waals surface area contributed by atoms with Crippen LogP contribution >= 0.6 is 0 Å². The molecule has 0 aliphatic carbocycles. The lowest BCUT2D eigenvalue weighted by molar-refractivity contribution is -0.144. The summed E-state index contributed by atoms with van der Waals surface area (Å²) in [4.78, 5) is 58.8. The number of aliphatic carboxylic acids is 2. The zero-order valence-electron chi connectivity index (χ0n) is 16.5. The van der Waals surface area contributed by atoms with Crippen LogP contribution in [-0.4, -0.2) is 64.5 Å². The second kappa shape index (κ2) is 11.9. The van der Waals surface area contributed by atoms with Crippen molar-refractivity contribution in [3.8, 4) is 0 Å². The first kappa shape index (κ1) is 25.3. The Hall–Kier alpha value is -2.69. The van der Waals surface area contributed by atoms with E-state index in [4.69, 9.17) is 10.8 Å². The number of hydrogen-bond acceptors (Lipinski definition) is 6. The number of rotatable bonds is 12. The predicted octanol–water partition coefficient (Wildman–Crippen LogP) is -1.34. The molecule has 160 valence electrons. The van der Waals surface area contributed by atoms with Gasteiger partial charge in [0.15, 0.2) is 0 Å². The molecule has 0 saturated carbocycles. The number of carboxylic acids is 2. The first-order valence-corrected chi connectivity index (χ1v) is 8.93. The van der Waals surface area contributed by atoms with Gasteiger partial charge < -0.3 is 31.9 Å². The number of hydrogen-bond donors (Lipinski definition) is 6. The molecule has 0 heterocycles. The third-order valence-electron chi connectivity index (χ3n) is 3.79. The van der Waals surface area contributed by atoms with E-state index in [-0.39, 0.29) is 18.9 Å². The maximum absolute atomic E-state index is 12.5. The molecular weight excluding hydrogens is 372 g/mol. The highest BCUT2D eigenvalue weighted by Crippen LogP contribution is 2.07. The molecular formula is C17H30N4O7. The van der Waals surface area contributed by atoms with Crippen molar-refractivity contribution >= 4 is 29.7 Å². The van der Waals surface area contributed by atoms with Gasteiger partial charge in [0, 0.05) is 0 Å². The fourth-order valence-corrected chi connectivity index (χ4v) is 2.38. The van der Waals surface area contributed by atoms with E-state index < -0.39 is 60.1 Å². The number of nitrogens with two attached hydrogens (primary N) is 1. The zero-order chi connectivity index (χ0) is 22.0. The predicted molar refractivity (Wildman–Crippen MR) is 99.0 cm³/mol. The SMILES string of the molecule is CC(C)CC(NC(=O)CN)C(=O)NC(CC(=O)O)C(=O)NC(C(=O)O)C(C)C. The highest BCUT2D eigenvalue weighted by Gasteiger charge is 2.32. The molecule has 0 aliphatic heterocycles. The minimum Gasteiger partial charge on any atom is -0.481 e. The summed E-state index contributed by atoms with van der Waals surface area (Å²) in [6.45, 7) is 6.44. The standard InChI is InChI=1S/C17H30N4O7/c1-8(2)5-10(19-12(22)7-18)15(25)20-11(6-13(23)24)16(26)21-14(9(3)4)17(27)28/h8-11,14H,5-7,18H2,1-4H3,(H,19,22)(H,20,25)(H,21,26)(H,23,24)(H,27,28). The molecule has 3 atom stereocenters. The van der Waals surface area contributed by atoms with E-state index >= 15 is 0 Å². The van der Waals surface area contributed by atoms with E-state index in [0.29, 0.717) is 0 Å². The molecule has 0 aromatic rings. The molecule has 11 heteroatoms. The van der Waals surface area contributed by atoms with Gasteiger partial charge in [0.2, 0.25) is 17.7 Å². The van der Waals surface area contributed by atoms with Crippen molar-refractivity contribution in [1.82, 2.24) is 16.0 Å². The molecule has 3 amide bonds. The minimum absolute atomic E-state index is 0.0120. The van der Waals surface area contributed by atoms with Crippen molar-refractivity contribution in [2.24, 2.45) is 17.6 Å². The molecule has 3 unspecified atom stereocenters. The van der Waals surface area contributed by atoms with E-state index in [2.05, 4.69) is 16.0 Å².